The molecule has 3 aliphatic rings. The second-order valence-electron chi connectivity index (χ2n) is 8.36. The summed E-state index contributed by atoms with van der Waals surface area (Å²) in [5.41, 5.74) is 0. The molecule has 0 radical (unpaired) electrons. The fraction of sp³-hybridized carbons (Fsp3) is 0.952. The van der Waals surface area contributed by atoms with E-state index in [1.54, 1.807) is 0 Å². The summed E-state index contributed by atoms with van der Waals surface area (Å²) >= 11 is 0. The van der Waals surface area contributed by atoms with Crippen molar-refractivity contribution in [2.24, 2.45) is 4.99 Å². The normalized spacial score (nSPS) is 29.2. The second kappa shape index (κ2) is 11.3. The van der Waals surface area contributed by atoms with Crippen LogP contribution in [0.2, 0.25) is 0 Å². The Morgan fingerprint density at radius 3 is 2.71 bits per heavy atom. The largest absolute Gasteiger partial charge is 0.379 e. The fourth-order valence-electron chi connectivity index (χ4n) is 4.40. The van der Waals surface area contributed by atoms with E-state index in [4.69, 9.17) is 19.2 Å². The molecule has 3 aliphatic heterocycles. The number of aliphatic imine (C=N–C) groups is 1. The minimum atomic E-state index is 0.320. The Morgan fingerprint density at radius 1 is 1.21 bits per heavy atom. The van der Waals surface area contributed by atoms with E-state index >= 15 is 0 Å². The summed E-state index contributed by atoms with van der Waals surface area (Å²) in [5.74, 6) is 1.05. The number of rotatable bonds is 7. The van der Waals surface area contributed by atoms with Crippen LogP contribution in [0.1, 0.15) is 46.5 Å². The molecule has 0 saturated carbocycles. The molecule has 0 spiro atoms. The van der Waals surface area contributed by atoms with Crippen LogP contribution < -0.4 is 5.32 Å². The lowest BCUT2D eigenvalue weighted by Crippen LogP contribution is -2.50. The highest BCUT2D eigenvalue weighted by Crippen LogP contribution is 2.18. The van der Waals surface area contributed by atoms with Crippen LogP contribution in [0.4, 0.5) is 0 Å². The molecule has 28 heavy (non-hydrogen) atoms. The lowest BCUT2D eigenvalue weighted by atomic mass is 10.1. The smallest absolute Gasteiger partial charge is 0.193 e. The Balaban J connectivity index is 1.44. The van der Waals surface area contributed by atoms with Gasteiger partial charge >= 0.3 is 0 Å². The predicted octanol–water partition coefficient (Wildman–Crippen LogP) is 1.72. The zero-order valence-corrected chi connectivity index (χ0v) is 18.1. The third kappa shape index (κ3) is 6.31. The summed E-state index contributed by atoms with van der Waals surface area (Å²) in [4.78, 5) is 9.88. The maximum atomic E-state index is 6.11. The fourth-order valence-corrected chi connectivity index (χ4v) is 4.40. The predicted molar refractivity (Wildman–Crippen MR) is 112 cm³/mol. The molecule has 3 saturated heterocycles. The molecule has 0 aromatic carbocycles. The summed E-state index contributed by atoms with van der Waals surface area (Å²) in [7, 11) is 0. The van der Waals surface area contributed by atoms with E-state index in [0.29, 0.717) is 24.3 Å². The first-order valence-corrected chi connectivity index (χ1v) is 11.3. The lowest BCUT2D eigenvalue weighted by molar-refractivity contribution is -0.0367. The van der Waals surface area contributed by atoms with Gasteiger partial charge in [0.15, 0.2) is 5.96 Å². The summed E-state index contributed by atoms with van der Waals surface area (Å²) < 4.78 is 17.4. The van der Waals surface area contributed by atoms with Gasteiger partial charge in [-0.25, -0.2) is 0 Å². The maximum absolute atomic E-state index is 6.11. The molecule has 7 nitrogen and oxygen atoms in total. The van der Waals surface area contributed by atoms with E-state index in [0.717, 1.165) is 84.4 Å². The first kappa shape index (κ1) is 21.8. The molecular weight excluding hydrogens is 356 g/mol. The molecule has 3 unspecified atom stereocenters. The molecule has 0 aromatic heterocycles. The van der Waals surface area contributed by atoms with Gasteiger partial charge in [0.05, 0.1) is 38.6 Å². The van der Waals surface area contributed by atoms with Gasteiger partial charge in [0.1, 0.15) is 0 Å². The number of hydrogen-bond donors (Lipinski definition) is 1. The number of hydrogen-bond acceptors (Lipinski definition) is 5. The van der Waals surface area contributed by atoms with Crippen LogP contribution in [-0.4, -0.2) is 99.2 Å². The zero-order chi connectivity index (χ0) is 19.8. The van der Waals surface area contributed by atoms with Gasteiger partial charge in [0, 0.05) is 44.9 Å². The molecule has 0 amide bonds. The van der Waals surface area contributed by atoms with Crippen molar-refractivity contribution < 1.29 is 14.2 Å². The van der Waals surface area contributed by atoms with E-state index in [1.165, 1.54) is 6.42 Å². The Labute approximate surface area is 170 Å². The average molecular weight is 397 g/mol. The first-order chi connectivity index (χ1) is 13.7. The summed E-state index contributed by atoms with van der Waals surface area (Å²) in [5, 5.41) is 3.49. The Kier molecular flexibility index (Phi) is 8.83. The molecule has 0 aromatic rings. The van der Waals surface area contributed by atoms with Gasteiger partial charge in [0.25, 0.3) is 0 Å². The topological polar surface area (TPSA) is 58.6 Å². The Morgan fingerprint density at radius 2 is 2.04 bits per heavy atom. The van der Waals surface area contributed by atoms with Crippen molar-refractivity contribution in [1.29, 1.82) is 0 Å². The monoisotopic (exact) mass is 396 g/mol. The maximum Gasteiger partial charge on any atom is 0.193 e. The van der Waals surface area contributed by atoms with E-state index in [2.05, 4.69) is 35.9 Å². The summed E-state index contributed by atoms with van der Waals surface area (Å²) in [6.07, 6.45) is 5.13. The van der Waals surface area contributed by atoms with Gasteiger partial charge in [-0.15, -0.1) is 0 Å². The van der Waals surface area contributed by atoms with Crippen LogP contribution in [0.25, 0.3) is 0 Å². The third-order valence-corrected chi connectivity index (χ3v) is 6.11. The van der Waals surface area contributed by atoms with Crippen molar-refractivity contribution in [3.8, 4) is 0 Å². The van der Waals surface area contributed by atoms with Crippen LogP contribution in [0, 0.1) is 0 Å². The van der Waals surface area contributed by atoms with Crippen LogP contribution in [-0.2, 0) is 14.2 Å². The van der Waals surface area contributed by atoms with E-state index in [1.807, 2.05) is 0 Å². The number of nitrogens with one attached hydrogen (secondary N) is 1. The zero-order valence-electron chi connectivity index (χ0n) is 18.1. The molecule has 162 valence electrons. The number of morpholine rings is 1. The molecule has 3 heterocycles. The van der Waals surface area contributed by atoms with Crippen molar-refractivity contribution >= 4 is 5.96 Å². The molecule has 3 fully saturated rings. The molecule has 1 N–H and O–H groups in total. The summed E-state index contributed by atoms with van der Waals surface area (Å²) in [6.45, 7) is 14.7. The third-order valence-electron chi connectivity index (χ3n) is 6.11. The van der Waals surface area contributed by atoms with Gasteiger partial charge < -0.3 is 24.4 Å². The minimum Gasteiger partial charge on any atom is -0.379 e. The molecule has 0 aliphatic carbocycles. The number of guanidine groups is 1. The number of ether oxygens (including phenoxy) is 3. The Bertz CT molecular complexity index is 476. The summed E-state index contributed by atoms with van der Waals surface area (Å²) in [6, 6.07) is 0.901. The molecule has 7 heteroatoms. The van der Waals surface area contributed by atoms with E-state index < -0.39 is 0 Å². The van der Waals surface area contributed by atoms with Crippen molar-refractivity contribution in [2.45, 2.75) is 70.7 Å². The Hall–Kier alpha value is -0.890. The van der Waals surface area contributed by atoms with Gasteiger partial charge in [-0.3, -0.25) is 9.89 Å². The van der Waals surface area contributed by atoms with E-state index in [9.17, 15) is 0 Å². The highest BCUT2D eigenvalue weighted by Gasteiger charge is 2.26. The average Bonchev–Trinajstić information content (AvgIpc) is 3.24. The molecular formula is C21H40N4O3. The van der Waals surface area contributed by atoms with Gasteiger partial charge in [-0.2, -0.15) is 0 Å². The van der Waals surface area contributed by atoms with Crippen LogP contribution >= 0.6 is 0 Å². The molecule has 0 bridgehead atoms. The van der Waals surface area contributed by atoms with Gasteiger partial charge in [-0.05, 0) is 46.5 Å². The number of piperidine rings is 1. The minimum absolute atomic E-state index is 0.320. The quantitative estimate of drug-likeness (QED) is 0.522. The SMILES string of the molecule is CCNC(=NCC(C)N1CCOCC1C)N1CCC(OCC2CCCO2)CC1. The first-order valence-electron chi connectivity index (χ1n) is 11.3. The van der Waals surface area contributed by atoms with Crippen LogP contribution in [0.3, 0.4) is 0 Å². The molecule has 3 atom stereocenters. The lowest BCUT2D eigenvalue weighted by Gasteiger charge is -2.38. The highest BCUT2D eigenvalue weighted by atomic mass is 16.5. The molecule has 3 rings (SSSR count). The standard InChI is InChI=1S/C21H40N4O3/c1-4-22-21(23-14-17(2)25-11-13-26-15-18(25)3)24-9-7-19(8-10-24)28-16-20-6-5-12-27-20/h17-20H,4-16H2,1-3H3,(H,22,23). The van der Waals surface area contributed by atoms with Crippen molar-refractivity contribution in [3.63, 3.8) is 0 Å². The van der Waals surface area contributed by atoms with Crippen molar-refractivity contribution in [2.75, 3.05) is 59.2 Å². The second-order valence-corrected chi connectivity index (χ2v) is 8.36. The van der Waals surface area contributed by atoms with Crippen molar-refractivity contribution in [3.05, 3.63) is 0 Å². The number of nitrogens with zero attached hydrogens (tertiary/aromatic N) is 3. The van der Waals surface area contributed by atoms with Crippen LogP contribution in [0.5, 0.6) is 0 Å². The van der Waals surface area contributed by atoms with Crippen molar-refractivity contribution in [1.82, 2.24) is 15.1 Å². The van der Waals surface area contributed by atoms with Gasteiger partial charge in [-0.1, -0.05) is 0 Å². The van der Waals surface area contributed by atoms with Crippen LogP contribution in [0.15, 0.2) is 4.99 Å². The number of likely N-dealkylation sites (tertiary alicyclic amines) is 1. The van der Waals surface area contributed by atoms with Gasteiger partial charge in [0.2, 0.25) is 0 Å². The highest BCUT2D eigenvalue weighted by molar-refractivity contribution is 5.80. The van der Waals surface area contributed by atoms with E-state index in [-0.39, 0.29) is 0 Å².